The minimum atomic E-state index is -0.797. The molecule has 0 amide bonds. The Balaban J connectivity index is 0.00000196. The molecule has 0 radical (unpaired) electrons. The molecule has 0 saturated heterocycles. The van der Waals surface area contributed by atoms with Crippen molar-refractivity contribution in [3.05, 3.63) is 35.4 Å². The van der Waals surface area contributed by atoms with Crippen molar-refractivity contribution in [3.8, 4) is 0 Å². The van der Waals surface area contributed by atoms with Gasteiger partial charge in [-0.3, -0.25) is 4.79 Å². The second-order valence-electron chi connectivity index (χ2n) is 3.30. The summed E-state index contributed by atoms with van der Waals surface area (Å²) in [5.41, 5.74) is 7.36. The third kappa shape index (κ3) is 3.53. The molecule has 0 heterocycles. The van der Waals surface area contributed by atoms with Crippen LogP contribution in [0.3, 0.4) is 0 Å². The molecule has 3 N–H and O–H groups in total. The molecule has 15 heavy (non-hydrogen) atoms. The van der Waals surface area contributed by atoms with Gasteiger partial charge in [0.05, 0.1) is 5.92 Å². The summed E-state index contributed by atoms with van der Waals surface area (Å²) in [4.78, 5) is 10.8. The van der Waals surface area contributed by atoms with E-state index in [1.807, 2.05) is 24.3 Å². The molecule has 1 aromatic carbocycles. The van der Waals surface area contributed by atoms with Crippen LogP contribution in [0, 0.1) is 0 Å². The van der Waals surface area contributed by atoms with Crippen LogP contribution < -0.4 is 5.73 Å². The van der Waals surface area contributed by atoms with E-state index < -0.39 is 11.9 Å². The summed E-state index contributed by atoms with van der Waals surface area (Å²) >= 11 is 0. The zero-order chi connectivity index (χ0) is 10.6. The van der Waals surface area contributed by atoms with Crippen molar-refractivity contribution in [2.24, 2.45) is 5.73 Å². The van der Waals surface area contributed by atoms with Crippen molar-refractivity contribution >= 4 is 18.4 Å². The zero-order valence-electron chi connectivity index (χ0n) is 8.64. The average molecular weight is 230 g/mol. The number of halogens is 1. The van der Waals surface area contributed by atoms with Crippen molar-refractivity contribution in [1.82, 2.24) is 0 Å². The van der Waals surface area contributed by atoms with Gasteiger partial charge in [0.25, 0.3) is 0 Å². The van der Waals surface area contributed by atoms with E-state index in [4.69, 9.17) is 10.8 Å². The minimum absolute atomic E-state index is 0. The van der Waals surface area contributed by atoms with Crippen LogP contribution in [0.2, 0.25) is 0 Å². The van der Waals surface area contributed by atoms with Gasteiger partial charge < -0.3 is 10.8 Å². The van der Waals surface area contributed by atoms with Crippen molar-refractivity contribution in [1.29, 1.82) is 0 Å². The van der Waals surface area contributed by atoms with Gasteiger partial charge in [0.1, 0.15) is 0 Å². The number of nitrogens with two attached hydrogens (primary N) is 1. The van der Waals surface area contributed by atoms with Crippen LogP contribution in [0.25, 0.3) is 0 Å². The minimum Gasteiger partial charge on any atom is -0.481 e. The Bertz CT molecular complexity index is 328. The van der Waals surface area contributed by atoms with Crippen LogP contribution in [0.1, 0.15) is 24.0 Å². The van der Waals surface area contributed by atoms with Gasteiger partial charge in [0, 0.05) is 0 Å². The fourth-order valence-electron chi connectivity index (χ4n) is 1.47. The molecule has 0 aliphatic rings. The molecular weight excluding hydrogens is 214 g/mol. The Kier molecular flexibility index (Phi) is 5.97. The third-order valence-corrected chi connectivity index (χ3v) is 2.31. The number of benzene rings is 1. The number of hydrogen-bond acceptors (Lipinski definition) is 2. The first kappa shape index (κ1) is 13.9. The molecule has 0 aliphatic heterocycles. The van der Waals surface area contributed by atoms with Gasteiger partial charge in [-0.1, -0.05) is 24.3 Å². The van der Waals surface area contributed by atoms with Crippen LogP contribution in [-0.4, -0.2) is 17.6 Å². The molecule has 0 saturated carbocycles. The number of carbonyl (C=O) groups is 1. The molecule has 84 valence electrons. The van der Waals surface area contributed by atoms with E-state index in [1.54, 1.807) is 6.92 Å². The molecule has 3 nitrogen and oxygen atoms in total. The number of carboxylic acids is 1. The maximum atomic E-state index is 10.8. The van der Waals surface area contributed by atoms with Crippen LogP contribution >= 0.6 is 12.4 Å². The summed E-state index contributed by atoms with van der Waals surface area (Å²) in [6, 6.07) is 7.54. The molecule has 1 unspecified atom stereocenters. The van der Waals surface area contributed by atoms with E-state index in [2.05, 4.69) is 0 Å². The van der Waals surface area contributed by atoms with Gasteiger partial charge in [-0.2, -0.15) is 0 Å². The summed E-state index contributed by atoms with van der Waals surface area (Å²) in [5, 5.41) is 8.90. The number of aliphatic carboxylic acids is 1. The lowest BCUT2D eigenvalue weighted by Crippen LogP contribution is -2.12. The molecule has 1 atom stereocenters. The first-order valence-electron chi connectivity index (χ1n) is 4.67. The first-order valence-corrected chi connectivity index (χ1v) is 4.67. The third-order valence-electron chi connectivity index (χ3n) is 2.31. The Labute approximate surface area is 95.7 Å². The highest BCUT2D eigenvalue weighted by Crippen LogP contribution is 2.20. The predicted molar refractivity (Wildman–Crippen MR) is 62.5 cm³/mol. The van der Waals surface area contributed by atoms with Gasteiger partial charge >= 0.3 is 5.97 Å². The Morgan fingerprint density at radius 1 is 1.47 bits per heavy atom. The number of carboxylic acid groups (broad SMARTS) is 1. The van der Waals surface area contributed by atoms with Crippen LogP contribution in [-0.2, 0) is 11.2 Å². The van der Waals surface area contributed by atoms with E-state index in [0.717, 1.165) is 17.5 Å². The van der Waals surface area contributed by atoms with Crippen LogP contribution in [0.4, 0.5) is 0 Å². The largest absolute Gasteiger partial charge is 0.481 e. The number of hydrogen-bond donors (Lipinski definition) is 2. The van der Waals surface area contributed by atoms with Gasteiger partial charge in [-0.15, -0.1) is 12.4 Å². The molecule has 0 aromatic heterocycles. The van der Waals surface area contributed by atoms with E-state index in [9.17, 15) is 4.79 Å². The van der Waals surface area contributed by atoms with Gasteiger partial charge in [-0.05, 0) is 31.0 Å². The lowest BCUT2D eigenvalue weighted by atomic mass is 9.94. The number of rotatable bonds is 4. The summed E-state index contributed by atoms with van der Waals surface area (Å²) < 4.78 is 0. The van der Waals surface area contributed by atoms with Crippen molar-refractivity contribution < 1.29 is 9.90 Å². The second kappa shape index (κ2) is 6.43. The Hall–Kier alpha value is -1.06. The van der Waals surface area contributed by atoms with Gasteiger partial charge in [0.2, 0.25) is 0 Å². The summed E-state index contributed by atoms with van der Waals surface area (Å²) in [7, 11) is 0. The zero-order valence-corrected chi connectivity index (χ0v) is 9.46. The molecule has 4 heteroatoms. The quantitative estimate of drug-likeness (QED) is 0.828. The van der Waals surface area contributed by atoms with E-state index >= 15 is 0 Å². The topological polar surface area (TPSA) is 63.3 Å². The molecule has 0 fully saturated rings. The highest BCUT2D eigenvalue weighted by Gasteiger charge is 2.16. The van der Waals surface area contributed by atoms with E-state index in [1.165, 1.54) is 0 Å². The normalized spacial score (nSPS) is 11.6. The Morgan fingerprint density at radius 3 is 2.60 bits per heavy atom. The fraction of sp³-hybridized carbons (Fsp3) is 0.364. The Morgan fingerprint density at radius 2 is 2.07 bits per heavy atom. The maximum absolute atomic E-state index is 10.8. The smallest absolute Gasteiger partial charge is 0.310 e. The monoisotopic (exact) mass is 229 g/mol. The first-order chi connectivity index (χ1) is 6.66. The van der Waals surface area contributed by atoms with Crippen molar-refractivity contribution in [2.75, 3.05) is 6.54 Å². The van der Waals surface area contributed by atoms with Crippen molar-refractivity contribution in [2.45, 2.75) is 19.3 Å². The lowest BCUT2D eigenvalue weighted by Gasteiger charge is -2.11. The molecule has 0 aliphatic carbocycles. The van der Waals surface area contributed by atoms with Gasteiger partial charge in [-0.25, -0.2) is 0 Å². The van der Waals surface area contributed by atoms with Crippen LogP contribution in [0.15, 0.2) is 24.3 Å². The lowest BCUT2D eigenvalue weighted by molar-refractivity contribution is -0.138. The molecule has 0 spiro atoms. The summed E-state index contributed by atoms with van der Waals surface area (Å²) in [6.07, 6.45) is 0.730. The molecule has 1 rings (SSSR count). The highest BCUT2D eigenvalue weighted by atomic mass is 35.5. The fourth-order valence-corrected chi connectivity index (χ4v) is 1.47. The summed E-state index contributed by atoms with van der Waals surface area (Å²) in [6.45, 7) is 2.24. The SMILES string of the molecule is CC(C(=O)O)c1ccccc1CCN.Cl. The standard InChI is InChI=1S/C11H15NO2.ClH/c1-8(11(13)14)10-5-3-2-4-9(10)6-7-12;/h2-5,8H,6-7,12H2,1H3,(H,13,14);1H. The van der Waals surface area contributed by atoms with Crippen LogP contribution in [0.5, 0.6) is 0 Å². The molecule has 1 aromatic rings. The average Bonchev–Trinajstić information content (AvgIpc) is 2.18. The van der Waals surface area contributed by atoms with E-state index in [-0.39, 0.29) is 12.4 Å². The molecular formula is C11H16ClNO2. The van der Waals surface area contributed by atoms with E-state index in [0.29, 0.717) is 6.54 Å². The van der Waals surface area contributed by atoms with Gasteiger partial charge in [0.15, 0.2) is 0 Å². The maximum Gasteiger partial charge on any atom is 0.310 e. The van der Waals surface area contributed by atoms with Crippen molar-refractivity contribution in [3.63, 3.8) is 0 Å². The summed E-state index contributed by atoms with van der Waals surface area (Å²) in [5.74, 6) is -1.26. The molecule has 0 bridgehead atoms. The second-order valence-corrected chi connectivity index (χ2v) is 3.30. The predicted octanol–water partition coefficient (Wildman–Crippen LogP) is 1.80. The highest BCUT2D eigenvalue weighted by molar-refractivity contribution is 5.85.